The summed E-state index contributed by atoms with van der Waals surface area (Å²) in [7, 11) is -1.10. The Labute approximate surface area is 306 Å². The molecular weight excluding hydrogens is 743 g/mol. The number of aryl methyl sites for hydroxylation is 1. The molecule has 256 valence electrons. The number of carbonyl (C=O) groups is 1. The number of rotatable bonds is 13. The van der Waals surface area contributed by atoms with Gasteiger partial charge in [0.2, 0.25) is 0 Å². The van der Waals surface area contributed by atoms with E-state index in [0.717, 1.165) is 0 Å². The van der Waals surface area contributed by atoms with Crippen LogP contribution in [0.3, 0.4) is 0 Å². The van der Waals surface area contributed by atoms with Crippen LogP contribution in [0.4, 0.5) is 5.69 Å². The lowest BCUT2D eigenvalue weighted by Gasteiger charge is -2.43. The monoisotopic (exact) mass is 780 g/mol. The molecule has 8 nitrogen and oxygen atoms in total. The third-order valence-electron chi connectivity index (χ3n) is 8.60. The Bertz CT molecular complexity index is 1920. The van der Waals surface area contributed by atoms with Gasteiger partial charge in [-0.05, 0) is 67.9 Å². The molecule has 49 heavy (non-hydrogen) atoms. The van der Waals surface area contributed by atoms with E-state index in [1.807, 2.05) is 16.7 Å². The fourth-order valence-electron chi connectivity index (χ4n) is 6.35. The number of imidazole rings is 1. The SMILES string of the molecule is Cn1cc(Cl)cc(NC(c2ccc(Cl)cc2)c2c(C(=O)O)nc(Br)n2CCCCO[Si](c2ccccc2)(c2ccccc2)C(C)(C)C)c1=O. The molecule has 5 rings (SSSR count). The maximum atomic E-state index is 13.1. The largest absolute Gasteiger partial charge is 0.476 e. The minimum atomic E-state index is -2.71. The highest BCUT2D eigenvalue weighted by Gasteiger charge is 2.50. The van der Waals surface area contributed by atoms with Gasteiger partial charge in [0.05, 0.1) is 16.8 Å². The molecule has 5 aromatic rings. The van der Waals surface area contributed by atoms with Crippen LogP contribution in [0.2, 0.25) is 15.1 Å². The number of aromatic nitrogens is 3. The Hall–Kier alpha value is -3.67. The van der Waals surface area contributed by atoms with Crippen LogP contribution in [0.25, 0.3) is 0 Å². The molecule has 1 atom stereocenters. The maximum absolute atomic E-state index is 13.1. The minimum absolute atomic E-state index is 0.137. The van der Waals surface area contributed by atoms with Crippen LogP contribution in [-0.2, 0) is 18.0 Å². The molecule has 0 saturated carbocycles. The van der Waals surface area contributed by atoms with Crippen LogP contribution >= 0.6 is 39.1 Å². The van der Waals surface area contributed by atoms with Gasteiger partial charge in [0, 0.05) is 31.4 Å². The predicted molar refractivity (Wildman–Crippen MR) is 203 cm³/mol. The fourth-order valence-corrected chi connectivity index (χ4v) is 11.9. The maximum Gasteiger partial charge on any atom is 0.356 e. The number of carboxylic acid groups (broad SMARTS) is 1. The number of aromatic carboxylic acids is 1. The summed E-state index contributed by atoms with van der Waals surface area (Å²) < 4.78 is 10.7. The summed E-state index contributed by atoms with van der Waals surface area (Å²) >= 11 is 16.1. The van der Waals surface area contributed by atoms with Crippen molar-refractivity contribution in [3.05, 3.63) is 139 Å². The number of hydrogen-bond acceptors (Lipinski definition) is 5. The Morgan fingerprint density at radius 2 is 1.55 bits per heavy atom. The van der Waals surface area contributed by atoms with Crippen molar-refractivity contribution in [2.75, 3.05) is 11.9 Å². The number of anilines is 1. The highest BCUT2D eigenvalue weighted by Crippen LogP contribution is 2.37. The Balaban J connectivity index is 1.46. The summed E-state index contributed by atoms with van der Waals surface area (Å²) in [5.41, 5.74) is 0.843. The molecule has 0 bridgehead atoms. The number of halogens is 3. The number of carboxylic acids is 1. The molecule has 0 spiro atoms. The molecule has 0 amide bonds. The first-order chi connectivity index (χ1) is 23.3. The van der Waals surface area contributed by atoms with Crippen molar-refractivity contribution in [1.82, 2.24) is 14.1 Å². The zero-order valence-corrected chi connectivity index (χ0v) is 31.9. The van der Waals surface area contributed by atoms with Gasteiger partial charge in [-0.2, -0.15) is 0 Å². The van der Waals surface area contributed by atoms with Gasteiger partial charge in [-0.1, -0.05) is 117 Å². The molecule has 12 heteroatoms. The predicted octanol–water partition coefficient (Wildman–Crippen LogP) is 7.91. The van der Waals surface area contributed by atoms with Crippen LogP contribution < -0.4 is 21.2 Å². The van der Waals surface area contributed by atoms with Gasteiger partial charge >= 0.3 is 5.97 Å². The molecule has 0 aliphatic rings. The average Bonchev–Trinajstić information content (AvgIpc) is 3.40. The molecule has 2 aromatic heterocycles. The van der Waals surface area contributed by atoms with E-state index in [-0.39, 0.29) is 22.0 Å². The normalized spacial score (nSPS) is 12.6. The molecule has 2 N–H and O–H groups in total. The van der Waals surface area contributed by atoms with Crippen molar-refractivity contribution in [2.45, 2.75) is 51.2 Å². The zero-order chi connectivity index (χ0) is 35.3. The number of benzene rings is 3. The van der Waals surface area contributed by atoms with E-state index in [1.165, 1.54) is 27.2 Å². The summed E-state index contributed by atoms with van der Waals surface area (Å²) in [5, 5.41) is 16.7. The first-order valence-electron chi connectivity index (χ1n) is 16.0. The Kier molecular flexibility index (Phi) is 11.6. The third-order valence-corrected chi connectivity index (χ3v) is 14.7. The first-order valence-corrected chi connectivity index (χ1v) is 19.4. The van der Waals surface area contributed by atoms with E-state index < -0.39 is 20.3 Å². The van der Waals surface area contributed by atoms with E-state index in [9.17, 15) is 14.7 Å². The van der Waals surface area contributed by atoms with E-state index in [4.69, 9.17) is 27.6 Å². The molecule has 3 aromatic carbocycles. The van der Waals surface area contributed by atoms with Crippen LogP contribution in [0.5, 0.6) is 0 Å². The number of pyridine rings is 1. The standard InChI is InChI=1S/C37H39BrCl2N4O4Si/c1-37(2,3)49(28-13-7-5-8-14-28,29-15-9-6-10-16-29)48-22-12-11-21-44-33(32(35(46)47)42-36(44)38)31(25-17-19-26(39)20-18-25)41-30-23-27(40)24-43(4)34(30)45/h5-10,13-20,23-24,31,41H,11-12,21-22H2,1-4H3,(H,46,47). The molecule has 0 aliphatic heterocycles. The third kappa shape index (κ3) is 7.89. The number of nitrogens with zero attached hydrogens (tertiary/aromatic N) is 3. The molecule has 0 radical (unpaired) electrons. The van der Waals surface area contributed by atoms with Gasteiger partial charge in [-0.3, -0.25) is 4.79 Å². The molecular formula is C37H39BrCl2N4O4Si. The van der Waals surface area contributed by atoms with Crippen LogP contribution in [0, 0.1) is 0 Å². The molecule has 2 heterocycles. The molecule has 1 unspecified atom stereocenters. The lowest BCUT2D eigenvalue weighted by atomic mass is 10.0. The van der Waals surface area contributed by atoms with Crippen LogP contribution in [0.15, 0.2) is 107 Å². The second-order valence-electron chi connectivity index (χ2n) is 12.9. The van der Waals surface area contributed by atoms with Gasteiger partial charge in [-0.15, -0.1) is 0 Å². The summed E-state index contributed by atoms with van der Waals surface area (Å²) in [6.07, 6.45) is 2.90. The molecule has 0 fully saturated rings. The van der Waals surface area contributed by atoms with Gasteiger partial charge in [0.15, 0.2) is 10.4 Å². The van der Waals surface area contributed by atoms with E-state index in [1.54, 1.807) is 31.3 Å². The first kappa shape index (κ1) is 36.6. The Morgan fingerprint density at radius 3 is 2.10 bits per heavy atom. The smallest absolute Gasteiger partial charge is 0.356 e. The average molecular weight is 783 g/mol. The van der Waals surface area contributed by atoms with Gasteiger partial charge in [-0.25, -0.2) is 9.78 Å². The molecule has 0 aliphatic carbocycles. The summed E-state index contributed by atoms with van der Waals surface area (Å²) in [6, 6.07) is 28.8. The molecule has 0 saturated heterocycles. The second kappa shape index (κ2) is 15.5. The number of unbranched alkanes of at least 4 members (excludes halogenated alkanes) is 1. The highest BCUT2D eigenvalue weighted by atomic mass is 79.9. The van der Waals surface area contributed by atoms with Crippen LogP contribution in [0.1, 0.15) is 61.4 Å². The number of nitrogens with one attached hydrogen (secondary N) is 1. The lowest BCUT2D eigenvalue weighted by molar-refractivity contribution is 0.0689. The topological polar surface area (TPSA) is 98.4 Å². The fraction of sp³-hybridized carbons (Fsp3) is 0.270. The van der Waals surface area contributed by atoms with Crippen molar-refractivity contribution in [3.8, 4) is 0 Å². The summed E-state index contributed by atoms with van der Waals surface area (Å²) in [4.78, 5) is 30.2. The van der Waals surface area contributed by atoms with Crippen molar-refractivity contribution in [3.63, 3.8) is 0 Å². The second-order valence-corrected chi connectivity index (χ2v) is 18.8. The summed E-state index contributed by atoms with van der Waals surface area (Å²) in [5.74, 6) is -1.19. The van der Waals surface area contributed by atoms with E-state index in [2.05, 4.69) is 95.5 Å². The van der Waals surface area contributed by atoms with Crippen molar-refractivity contribution in [2.24, 2.45) is 7.05 Å². The van der Waals surface area contributed by atoms with E-state index >= 15 is 0 Å². The van der Waals surface area contributed by atoms with Gasteiger partial charge < -0.3 is 24.0 Å². The lowest BCUT2D eigenvalue weighted by Crippen LogP contribution is -2.66. The Morgan fingerprint density at radius 1 is 0.959 bits per heavy atom. The van der Waals surface area contributed by atoms with Crippen molar-refractivity contribution < 1.29 is 14.3 Å². The van der Waals surface area contributed by atoms with Crippen molar-refractivity contribution in [1.29, 1.82) is 0 Å². The minimum Gasteiger partial charge on any atom is -0.476 e. The highest BCUT2D eigenvalue weighted by molar-refractivity contribution is 9.10. The number of hydrogen-bond donors (Lipinski definition) is 2. The van der Waals surface area contributed by atoms with Gasteiger partial charge in [0.25, 0.3) is 13.9 Å². The van der Waals surface area contributed by atoms with Crippen molar-refractivity contribution >= 4 is 69.5 Å². The summed E-state index contributed by atoms with van der Waals surface area (Å²) in [6.45, 7) is 7.70. The zero-order valence-electron chi connectivity index (χ0n) is 27.8. The van der Waals surface area contributed by atoms with Crippen LogP contribution in [-0.4, -0.2) is 40.1 Å². The van der Waals surface area contributed by atoms with Gasteiger partial charge in [0.1, 0.15) is 5.69 Å². The van der Waals surface area contributed by atoms with E-state index in [0.29, 0.717) is 52.0 Å². The quantitative estimate of drug-likeness (QED) is 0.0932.